The van der Waals surface area contributed by atoms with Gasteiger partial charge >= 0.3 is 5.97 Å². The van der Waals surface area contributed by atoms with Crippen LogP contribution in [-0.2, 0) is 16.0 Å². The molecule has 11 heavy (non-hydrogen) atoms. The first-order chi connectivity index (χ1) is 5.22. The summed E-state index contributed by atoms with van der Waals surface area (Å²) in [6, 6.07) is 1.47. The standard InChI is InChI=1S/C6H6ClNO3/c1-10-6(9)3-4-2-5(7)8-11-4/h2H,3H2,1H3. The lowest BCUT2D eigenvalue weighted by molar-refractivity contribution is -0.140. The number of rotatable bonds is 2. The normalized spacial score (nSPS) is 9.64. The highest BCUT2D eigenvalue weighted by Crippen LogP contribution is 2.09. The number of esters is 1. The summed E-state index contributed by atoms with van der Waals surface area (Å²) < 4.78 is 9.05. The molecule has 0 bridgehead atoms. The number of carbonyl (C=O) groups excluding carboxylic acids is 1. The zero-order valence-electron chi connectivity index (χ0n) is 5.83. The van der Waals surface area contributed by atoms with Crippen LogP contribution in [0, 0.1) is 0 Å². The molecule has 0 unspecified atom stereocenters. The van der Waals surface area contributed by atoms with Gasteiger partial charge < -0.3 is 9.26 Å². The second-order valence-corrected chi connectivity index (χ2v) is 2.26. The largest absolute Gasteiger partial charge is 0.469 e. The van der Waals surface area contributed by atoms with Gasteiger partial charge in [0.05, 0.1) is 7.11 Å². The molecule has 0 aliphatic heterocycles. The Morgan fingerprint density at radius 2 is 2.64 bits per heavy atom. The lowest BCUT2D eigenvalue weighted by atomic mass is 10.3. The molecule has 0 aliphatic rings. The van der Waals surface area contributed by atoms with E-state index in [0.29, 0.717) is 5.76 Å². The molecule has 0 atom stereocenters. The molecule has 0 radical (unpaired) electrons. The Hall–Kier alpha value is -1.03. The molecule has 1 aromatic rings. The molecule has 0 amide bonds. The van der Waals surface area contributed by atoms with Gasteiger partial charge in [0, 0.05) is 6.07 Å². The van der Waals surface area contributed by atoms with Gasteiger partial charge in [-0.05, 0) is 0 Å². The third-order valence-corrected chi connectivity index (χ3v) is 1.25. The first kappa shape index (κ1) is 8.07. The van der Waals surface area contributed by atoms with Crippen LogP contribution < -0.4 is 0 Å². The van der Waals surface area contributed by atoms with Gasteiger partial charge in [-0.25, -0.2) is 0 Å². The van der Waals surface area contributed by atoms with Crippen molar-refractivity contribution in [3.63, 3.8) is 0 Å². The number of aromatic nitrogens is 1. The van der Waals surface area contributed by atoms with Crippen molar-refractivity contribution in [3.8, 4) is 0 Å². The van der Waals surface area contributed by atoms with Crippen LogP contribution in [0.1, 0.15) is 5.76 Å². The average Bonchev–Trinajstić information content (AvgIpc) is 2.35. The van der Waals surface area contributed by atoms with Crippen molar-refractivity contribution < 1.29 is 14.1 Å². The van der Waals surface area contributed by atoms with Crippen LogP contribution >= 0.6 is 11.6 Å². The van der Waals surface area contributed by atoms with Crippen LogP contribution in [0.4, 0.5) is 0 Å². The predicted molar refractivity (Wildman–Crippen MR) is 37.2 cm³/mol. The molecular weight excluding hydrogens is 170 g/mol. The van der Waals surface area contributed by atoms with E-state index in [0.717, 1.165) is 0 Å². The van der Waals surface area contributed by atoms with Crippen molar-refractivity contribution in [1.82, 2.24) is 5.16 Å². The summed E-state index contributed by atoms with van der Waals surface area (Å²) in [5.74, 6) is 0.0275. The fourth-order valence-electron chi connectivity index (χ4n) is 0.586. The monoisotopic (exact) mass is 175 g/mol. The van der Waals surface area contributed by atoms with Crippen molar-refractivity contribution in [2.45, 2.75) is 6.42 Å². The summed E-state index contributed by atoms with van der Waals surface area (Å²) in [5.41, 5.74) is 0. The molecular formula is C6H6ClNO3. The SMILES string of the molecule is COC(=O)Cc1cc(Cl)no1. The van der Waals surface area contributed by atoms with Gasteiger partial charge in [-0.15, -0.1) is 0 Å². The Balaban J connectivity index is 2.57. The molecule has 1 aromatic heterocycles. The Morgan fingerprint density at radius 1 is 1.91 bits per heavy atom. The number of halogens is 1. The molecule has 0 N–H and O–H groups in total. The van der Waals surface area contributed by atoms with E-state index in [2.05, 4.69) is 14.4 Å². The molecule has 0 fully saturated rings. The number of ether oxygens (including phenoxy) is 1. The van der Waals surface area contributed by atoms with E-state index in [1.54, 1.807) is 0 Å². The third kappa shape index (κ3) is 2.23. The highest BCUT2D eigenvalue weighted by Gasteiger charge is 2.07. The average molecular weight is 176 g/mol. The van der Waals surface area contributed by atoms with E-state index in [4.69, 9.17) is 11.6 Å². The molecule has 1 rings (SSSR count). The van der Waals surface area contributed by atoms with E-state index in [-0.39, 0.29) is 17.5 Å². The minimum absolute atomic E-state index is 0.0657. The van der Waals surface area contributed by atoms with Crippen molar-refractivity contribution in [2.75, 3.05) is 7.11 Å². The Morgan fingerprint density at radius 3 is 3.09 bits per heavy atom. The van der Waals surface area contributed by atoms with E-state index in [9.17, 15) is 4.79 Å². The zero-order chi connectivity index (χ0) is 8.27. The molecule has 0 saturated heterocycles. The highest BCUT2D eigenvalue weighted by molar-refractivity contribution is 6.29. The smallest absolute Gasteiger partial charge is 0.313 e. The van der Waals surface area contributed by atoms with Gasteiger partial charge in [0.1, 0.15) is 12.2 Å². The van der Waals surface area contributed by atoms with Crippen molar-refractivity contribution >= 4 is 17.6 Å². The molecule has 5 heteroatoms. The van der Waals surface area contributed by atoms with E-state index >= 15 is 0 Å². The fraction of sp³-hybridized carbons (Fsp3) is 0.333. The van der Waals surface area contributed by atoms with Gasteiger partial charge in [-0.3, -0.25) is 4.79 Å². The Labute approximate surface area is 68.1 Å². The second kappa shape index (κ2) is 3.39. The van der Waals surface area contributed by atoms with Gasteiger partial charge in [0.15, 0.2) is 5.15 Å². The Bertz CT molecular complexity index is 258. The molecule has 60 valence electrons. The topological polar surface area (TPSA) is 52.3 Å². The molecule has 0 spiro atoms. The summed E-state index contributed by atoms with van der Waals surface area (Å²) >= 11 is 5.43. The van der Waals surface area contributed by atoms with Gasteiger partial charge in [0.25, 0.3) is 0 Å². The first-order valence-corrected chi connectivity index (χ1v) is 3.28. The summed E-state index contributed by atoms with van der Waals surface area (Å²) in [7, 11) is 1.31. The fourth-order valence-corrected chi connectivity index (χ4v) is 0.742. The number of hydrogen-bond acceptors (Lipinski definition) is 4. The lowest BCUT2D eigenvalue weighted by Gasteiger charge is -1.91. The van der Waals surface area contributed by atoms with Crippen molar-refractivity contribution in [1.29, 1.82) is 0 Å². The number of methoxy groups -OCH3 is 1. The van der Waals surface area contributed by atoms with Crippen LogP contribution in [0.3, 0.4) is 0 Å². The van der Waals surface area contributed by atoms with E-state index in [1.165, 1.54) is 13.2 Å². The maximum atomic E-state index is 10.6. The maximum absolute atomic E-state index is 10.6. The first-order valence-electron chi connectivity index (χ1n) is 2.90. The lowest BCUT2D eigenvalue weighted by Crippen LogP contribution is -2.03. The predicted octanol–water partition coefficient (Wildman–Crippen LogP) is 1.04. The van der Waals surface area contributed by atoms with Crippen LogP contribution in [0.2, 0.25) is 5.15 Å². The van der Waals surface area contributed by atoms with Crippen LogP contribution in [0.25, 0.3) is 0 Å². The summed E-state index contributed by atoms with van der Waals surface area (Å²) in [6.45, 7) is 0. The van der Waals surface area contributed by atoms with Gasteiger partial charge in [-0.2, -0.15) is 0 Å². The van der Waals surface area contributed by atoms with Crippen LogP contribution in [0.5, 0.6) is 0 Å². The minimum atomic E-state index is -0.377. The molecule has 0 aromatic carbocycles. The minimum Gasteiger partial charge on any atom is -0.469 e. The summed E-state index contributed by atoms with van der Waals surface area (Å²) in [5, 5.41) is 3.63. The Kier molecular flexibility index (Phi) is 2.48. The van der Waals surface area contributed by atoms with Gasteiger partial charge in [0.2, 0.25) is 0 Å². The van der Waals surface area contributed by atoms with E-state index < -0.39 is 0 Å². The quantitative estimate of drug-likeness (QED) is 0.631. The van der Waals surface area contributed by atoms with Crippen molar-refractivity contribution in [2.24, 2.45) is 0 Å². The summed E-state index contributed by atoms with van der Waals surface area (Å²) in [4.78, 5) is 10.6. The second-order valence-electron chi connectivity index (χ2n) is 1.87. The van der Waals surface area contributed by atoms with Gasteiger partial charge in [-0.1, -0.05) is 16.8 Å². The van der Waals surface area contributed by atoms with E-state index in [1.807, 2.05) is 0 Å². The molecule has 0 aliphatic carbocycles. The van der Waals surface area contributed by atoms with Crippen molar-refractivity contribution in [3.05, 3.63) is 17.0 Å². The number of hydrogen-bond donors (Lipinski definition) is 0. The highest BCUT2D eigenvalue weighted by atomic mass is 35.5. The van der Waals surface area contributed by atoms with Crippen LogP contribution in [-0.4, -0.2) is 18.2 Å². The molecule has 1 heterocycles. The molecule has 4 nitrogen and oxygen atoms in total. The zero-order valence-corrected chi connectivity index (χ0v) is 6.59. The maximum Gasteiger partial charge on any atom is 0.313 e. The number of nitrogens with zero attached hydrogens (tertiary/aromatic N) is 1. The van der Waals surface area contributed by atoms with Crippen LogP contribution in [0.15, 0.2) is 10.6 Å². The third-order valence-electron chi connectivity index (χ3n) is 1.08. The number of carbonyl (C=O) groups is 1. The summed E-state index contributed by atoms with van der Waals surface area (Å²) in [6.07, 6.45) is 0.0657. The molecule has 0 saturated carbocycles.